The predicted molar refractivity (Wildman–Crippen MR) is 95.5 cm³/mol. The minimum absolute atomic E-state index is 0.147. The summed E-state index contributed by atoms with van der Waals surface area (Å²) in [5.74, 6) is -1.08. The highest BCUT2D eigenvalue weighted by molar-refractivity contribution is 6.04. The molecule has 1 aromatic carbocycles. The summed E-state index contributed by atoms with van der Waals surface area (Å²) >= 11 is 0. The monoisotopic (exact) mass is 380 g/mol. The Labute approximate surface area is 155 Å². The van der Waals surface area contributed by atoms with Gasteiger partial charge in [-0.1, -0.05) is 6.42 Å². The van der Waals surface area contributed by atoms with Crippen LogP contribution in [0.3, 0.4) is 0 Å². The summed E-state index contributed by atoms with van der Waals surface area (Å²) < 4.78 is 46.5. The minimum Gasteiger partial charge on any atom is -0.459 e. The lowest BCUT2D eigenvalue weighted by molar-refractivity contribution is -0.0318. The number of rotatable bonds is 4. The van der Waals surface area contributed by atoms with Gasteiger partial charge >= 0.3 is 5.97 Å². The SMILES string of the molecule is CN1C2CCCC1CC(OC(=O)c1cn(CC(F)F)c3ccc(F)cc13)C2. The van der Waals surface area contributed by atoms with Crippen LogP contribution in [0.4, 0.5) is 13.2 Å². The predicted octanol–water partition coefficient (Wildman–Crippen LogP) is 4.22. The molecule has 0 amide bonds. The molecule has 0 aliphatic carbocycles. The van der Waals surface area contributed by atoms with Gasteiger partial charge in [-0.2, -0.15) is 0 Å². The number of alkyl halides is 2. The number of carbonyl (C=O) groups excluding carboxylic acids is 1. The number of halogens is 3. The van der Waals surface area contributed by atoms with E-state index in [4.69, 9.17) is 4.74 Å². The fraction of sp³-hybridized carbons (Fsp3) is 0.550. The molecule has 0 spiro atoms. The summed E-state index contributed by atoms with van der Waals surface area (Å²) in [7, 11) is 2.12. The Bertz CT molecular complexity index is 837. The van der Waals surface area contributed by atoms with Gasteiger partial charge in [0.15, 0.2) is 0 Å². The lowest BCUT2D eigenvalue weighted by Crippen LogP contribution is -2.52. The first-order chi connectivity index (χ1) is 12.9. The summed E-state index contributed by atoms with van der Waals surface area (Å²) in [4.78, 5) is 15.2. The standard InChI is InChI=1S/C20H23F3N2O2/c1-24-13-3-2-4-14(24)9-15(8-13)27-20(26)17-10-25(11-19(22)23)18-6-5-12(21)7-16(17)18/h5-7,10,13-15,19H,2-4,8-9,11H2,1H3. The Morgan fingerprint density at radius 1 is 1.26 bits per heavy atom. The largest absolute Gasteiger partial charge is 0.459 e. The number of hydrogen-bond donors (Lipinski definition) is 0. The number of benzene rings is 1. The van der Waals surface area contributed by atoms with Crippen molar-refractivity contribution < 1.29 is 22.7 Å². The Morgan fingerprint density at radius 3 is 2.63 bits per heavy atom. The van der Waals surface area contributed by atoms with E-state index in [0.29, 0.717) is 23.0 Å². The maximum absolute atomic E-state index is 13.7. The highest BCUT2D eigenvalue weighted by Crippen LogP contribution is 2.34. The molecule has 2 aromatic rings. The number of ether oxygens (including phenoxy) is 1. The van der Waals surface area contributed by atoms with E-state index in [2.05, 4.69) is 11.9 Å². The molecule has 4 nitrogen and oxygen atoms in total. The summed E-state index contributed by atoms with van der Waals surface area (Å²) in [6, 6.07) is 4.65. The molecular formula is C20H23F3N2O2. The number of aromatic nitrogens is 1. The number of nitrogens with zero attached hydrogens (tertiary/aromatic N) is 2. The van der Waals surface area contributed by atoms with Crippen molar-refractivity contribution in [3.05, 3.63) is 35.8 Å². The van der Waals surface area contributed by atoms with Gasteiger partial charge in [0.1, 0.15) is 11.9 Å². The van der Waals surface area contributed by atoms with Gasteiger partial charge in [0.2, 0.25) is 0 Å². The summed E-state index contributed by atoms with van der Waals surface area (Å²) in [5.41, 5.74) is 0.554. The fourth-order valence-corrected chi connectivity index (χ4v) is 4.61. The van der Waals surface area contributed by atoms with Crippen LogP contribution in [0.1, 0.15) is 42.5 Å². The van der Waals surface area contributed by atoms with Gasteiger partial charge in [-0.05, 0) is 38.1 Å². The molecule has 7 heteroatoms. The molecule has 4 rings (SSSR count). The number of piperidine rings is 2. The number of hydrogen-bond acceptors (Lipinski definition) is 3. The van der Waals surface area contributed by atoms with Gasteiger partial charge in [-0.3, -0.25) is 0 Å². The van der Waals surface area contributed by atoms with Crippen LogP contribution in [-0.4, -0.2) is 47.1 Å². The van der Waals surface area contributed by atoms with Gasteiger partial charge in [0.25, 0.3) is 6.43 Å². The molecule has 2 aliphatic rings. The number of esters is 1. The smallest absolute Gasteiger partial charge is 0.340 e. The first-order valence-electron chi connectivity index (χ1n) is 9.42. The zero-order valence-electron chi connectivity index (χ0n) is 15.2. The van der Waals surface area contributed by atoms with E-state index in [1.807, 2.05) is 0 Å². The molecule has 146 valence electrons. The van der Waals surface area contributed by atoms with Crippen molar-refractivity contribution in [1.82, 2.24) is 9.47 Å². The third-order valence-electron chi connectivity index (χ3n) is 5.97. The van der Waals surface area contributed by atoms with Crippen LogP contribution < -0.4 is 0 Å². The Morgan fingerprint density at radius 2 is 1.96 bits per heavy atom. The van der Waals surface area contributed by atoms with Gasteiger partial charge in [-0.25, -0.2) is 18.0 Å². The zero-order chi connectivity index (χ0) is 19.1. The molecule has 0 radical (unpaired) electrons. The van der Waals surface area contributed by atoms with E-state index < -0.39 is 24.8 Å². The van der Waals surface area contributed by atoms with E-state index in [-0.39, 0.29) is 11.7 Å². The zero-order valence-corrected chi connectivity index (χ0v) is 15.2. The molecule has 2 aliphatic heterocycles. The third kappa shape index (κ3) is 3.57. The number of carbonyl (C=O) groups is 1. The molecule has 2 saturated heterocycles. The van der Waals surface area contributed by atoms with E-state index in [0.717, 1.165) is 25.7 Å². The van der Waals surface area contributed by atoms with Crippen LogP contribution in [0.15, 0.2) is 24.4 Å². The second-order valence-corrected chi connectivity index (χ2v) is 7.65. The Hall–Kier alpha value is -2.02. The summed E-state index contributed by atoms with van der Waals surface area (Å²) in [6.45, 7) is -0.548. The van der Waals surface area contributed by atoms with Crippen LogP contribution >= 0.6 is 0 Å². The maximum Gasteiger partial charge on any atom is 0.340 e. The average molecular weight is 380 g/mol. The molecular weight excluding hydrogens is 357 g/mol. The van der Waals surface area contributed by atoms with Crippen molar-refractivity contribution in [2.75, 3.05) is 7.05 Å². The Kier molecular flexibility index (Phi) is 4.88. The maximum atomic E-state index is 13.7. The van der Waals surface area contributed by atoms with E-state index in [1.165, 1.54) is 35.4 Å². The quantitative estimate of drug-likeness (QED) is 0.745. The minimum atomic E-state index is -2.57. The highest BCUT2D eigenvalue weighted by Gasteiger charge is 2.37. The van der Waals surface area contributed by atoms with Gasteiger partial charge in [-0.15, -0.1) is 0 Å². The number of fused-ring (bicyclic) bond motifs is 3. The molecule has 27 heavy (non-hydrogen) atoms. The van der Waals surface area contributed by atoms with Crippen LogP contribution in [0, 0.1) is 5.82 Å². The van der Waals surface area contributed by atoms with Crippen molar-refractivity contribution in [2.24, 2.45) is 0 Å². The van der Waals surface area contributed by atoms with E-state index in [9.17, 15) is 18.0 Å². The van der Waals surface area contributed by atoms with Crippen molar-refractivity contribution >= 4 is 16.9 Å². The van der Waals surface area contributed by atoms with E-state index in [1.54, 1.807) is 0 Å². The molecule has 3 heterocycles. The lowest BCUT2D eigenvalue weighted by Gasteiger charge is -2.46. The van der Waals surface area contributed by atoms with E-state index >= 15 is 0 Å². The van der Waals surface area contributed by atoms with Crippen LogP contribution in [0.25, 0.3) is 10.9 Å². The molecule has 0 saturated carbocycles. The normalized spacial score (nSPS) is 25.9. The van der Waals surface area contributed by atoms with Crippen molar-refractivity contribution in [3.8, 4) is 0 Å². The van der Waals surface area contributed by atoms with Crippen LogP contribution in [0.5, 0.6) is 0 Å². The second-order valence-electron chi connectivity index (χ2n) is 7.65. The van der Waals surface area contributed by atoms with Crippen molar-refractivity contribution in [2.45, 2.75) is 63.3 Å². The van der Waals surface area contributed by atoms with Crippen LogP contribution in [-0.2, 0) is 11.3 Å². The summed E-state index contributed by atoms with van der Waals surface area (Å²) in [6.07, 6.45) is 3.55. The topological polar surface area (TPSA) is 34.5 Å². The average Bonchev–Trinajstić information content (AvgIpc) is 2.93. The van der Waals surface area contributed by atoms with Crippen LogP contribution in [0.2, 0.25) is 0 Å². The molecule has 0 N–H and O–H groups in total. The first kappa shape index (κ1) is 18.3. The Balaban J connectivity index is 1.58. The second kappa shape index (κ2) is 7.19. The first-order valence-corrected chi connectivity index (χ1v) is 9.42. The molecule has 1 aromatic heterocycles. The molecule has 2 atom stereocenters. The molecule has 2 fully saturated rings. The fourth-order valence-electron chi connectivity index (χ4n) is 4.61. The van der Waals surface area contributed by atoms with Gasteiger partial charge in [0, 0.05) is 42.0 Å². The van der Waals surface area contributed by atoms with Gasteiger partial charge in [0.05, 0.1) is 12.1 Å². The summed E-state index contributed by atoms with van der Waals surface area (Å²) in [5, 5.41) is 0.314. The lowest BCUT2D eigenvalue weighted by atomic mass is 9.83. The highest BCUT2D eigenvalue weighted by atomic mass is 19.3. The van der Waals surface area contributed by atoms with Crippen molar-refractivity contribution in [3.63, 3.8) is 0 Å². The third-order valence-corrected chi connectivity index (χ3v) is 5.97. The van der Waals surface area contributed by atoms with Crippen molar-refractivity contribution in [1.29, 1.82) is 0 Å². The molecule has 2 unspecified atom stereocenters. The molecule has 2 bridgehead atoms. The van der Waals surface area contributed by atoms with Gasteiger partial charge < -0.3 is 14.2 Å².